The molecule has 1 aliphatic carbocycles. The number of aromatic nitrogens is 2. The standard InChI is InChI=1S/C24H27F2N5O.C2HF3O2/c1-31(2)22-19-5-3-4-6-21(19)29-24(30-22)28-17-10-7-15(8-11-17)14-27-23(32)18-12-9-16(25)13-20(18)26;3-2(4,5)1(6)7/h3-6,9,12-13,15,17H,7-8,10-11,14H2,1-2H3,(H,27,32)(H,28,29,30);(H,6,7). The fourth-order valence-electron chi connectivity index (χ4n) is 4.16. The first kappa shape index (κ1) is 29.5. The number of benzene rings is 2. The summed E-state index contributed by atoms with van der Waals surface area (Å²) in [6.07, 6.45) is -1.37. The van der Waals surface area contributed by atoms with Gasteiger partial charge in [0.25, 0.3) is 5.91 Å². The number of halogens is 5. The number of carbonyl (C=O) groups excluding carboxylic acids is 1. The summed E-state index contributed by atoms with van der Waals surface area (Å²) < 4.78 is 58.5. The van der Waals surface area contributed by atoms with E-state index in [-0.39, 0.29) is 11.6 Å². The minimum atomic E-state index is -5.08. The van der Waals surface area contributed by atoms with Gasteiger partial charge in [0.15, 0.2) is 0 Å². The molecule has 0 saturated heterocycles. The molecule has 1 aromatic heterocycles. The van der Waals surface area contributed by atoms with Crippen molar-refractivity contribution in [2.45, 2.75) is 37.9 Å². The third kappa shape index (κ3) is 8.23. The normalized spacial score (nSPS) is 17.1. The van der Waals surface area contributed by atoms with E-state index in [0.29, 0.717) is 18.4 Å². The van der Waals surface area contributed by atoms with E-state index in [4.69, 9.17) is 14.9 Å². The van der Waals surface area contributed by atoms with E-state index in [1.807, 2.05) is 43.3 Å². The molecule has 3 N–H and O–H groups in total. The van der Waals surface area contributed by atoms with Gasteiger partial charge in [0.05, 0.1) is 11.1 Å². The summed E-state index contributed by atoms with van der Waals surface area (Å²) >= 11 is 0. The van der Waals surface area contributed by atoms with Crippen molar-refractivity contribution in [1.82, 2.24) is 15.3 Å². The first-order chi connectivity index (χ1) is 18.3. The molecule has 210 valence electrons. The van der Waals surface area contributed by atoms with Gasteiger partial charge in [-0.05, 0) is 55.9 Å². The van der Waals surface area contributed by atoms with Gasteiger partial charge in [-0.2, -0.15) is 18.2 Å². The number of hydrogen-bond donors (Lipinski definition) is 3. The van der Waals surface area contributed by atoms with Gasteiger partial charge in [0.1, 0.15) is 17.5 Å². The van der Waals surface area contributed by atoms with E-state index in [9.17, 15) is 26.7 Å². The molecule has 1 saturated carbocycles. The lowest BCUT2D eigenvalue weighted by atomic mass is 9.86. The van der Waals surface area contributed by atoms with Crippen molar-refractivity contribution in [3.8, 4) is 0 Å². The van der Waals surface area contributed by atoms with Gasteiger partial charge in [-0.15, -0.1) is 0 Å². The van der Waals surface area contributed by atoms with Gasteiger partial charge >= 0.3 is 12.1 Å². The zero-order valence-corrected chi connectivity index (χ0v) is 21.2. The minimum Gasteiger partial charge on any atom is -0.475 e. The predicted molar refractivity (Wildman–Crippen MR) is 136 cm³/mol. The SMILES string of the molecule is CN(C)c1nc(NC2CCC(CNC(=O)c3ccc(F)cc3F)CC2)nc2ccccc12.O=C(O)C(F)(F)F. The van der Waals surface area contributed by atoms with Crippen molar-refractivity contribution in [2.75, 3.05) is 30.9 Å². The maximum absolute atomic E-state index is 13.8. The first-order valence-corrected chi connectivity index (χ1v) is 12.1. The maximum Gasteiger partial charge on any atom is 0.490 e. The summed E-state index contributed by atoms with van der Waals surface area (Å²) in [5.74, 6) is -2.99. The van der Waals surface area contributed by atoms with Crippen LogP contribution in [0.25, 0.3) is 10.9 Å². The highest BCUT2D eigenvalue weighted by Gasteiger charge is 2.38. The first-order valence-electron chi connectivity index (χ1n) is 12.1. The highest BCUT2D eigenvalue weighted by Crippen LogP contribution is 2.28. The molecule has 1 fully saturated rings. The molecule has 0 atom stereocenters. The Morgan fingerprint density at radius 2 is 1.67 bits per heavy atom. The van der Waals surface area contributed by atoms with E-state index in [1.54, 1.807) is 0 Å². The van der Waals surface area contributed by atoms with Crippen molar-refractivity contribution in [2.24, 2.45) is 5.92 Å². The number of aliphatic carboxylic acids is 1. The van der Waals surface area contributed by atoms with Crippen molar-refractivity contribution in [1.29, 1.82) is 0 Å². The molecule has 3 aromatic rings. The Kier molecular flexibility index (Phi) is 9.60. The zero-order valence-electron chi connectivity index (χ0n) is 21.2. The van der Waals surface area contributed by atoms with Crippen LogP contribution in [0.15, 0.2) is 42.5 Å². The predicted octanol–water partition coefficient (Wildman–Crippen LogP) is 5.01. The van der Waals surface area contributed by atoms with Crippen molar-refractivity contribution < 1.29 is 36.6 Å². The van der Waals surface area contributed by atoms with Crippen LogP contribution in [0, 0.1) is 17.6 Å². The fourth-order valence-corrected chi connectivity index (χ4v) is 4.16. The average Bonchev–Trinajstić information content (AvgIpc) is 2.87. The second-order valence-corrected chi connectivity index (χ2v) is 9.28. The molecule has 0 radical (unpaired) electrons. The molecule has 0 spiro atoms. The number of anilines is 2. The van der Waals surface area contributed by atoms with E-state index in [2.05, 4.69) is 15.6 Å². The number of hydrogen-bond acceptors (Lipinski definition) is 6. The number of nitrogens with one attached hydrogen (secondary N) is 2. The fraction of sp³-hybridized carbons (Fsp3) is 0.385. The number of carboxylic acids is 1. The molecule has 0 unspecified atom stereocenters. The second-order valence-electron chi connectivity index (χ2n) is 9.28. The molecule has 1 aliphatic rings. The maximum atomic E-state index is 13.8. The summed E-state index contributed by atoms with van der Waals surface area (Å²) in [6.45, 7) is 0.472. The van der Waals surface area contributed by atoms with Crippen LogP contribution in [0.2, 0.25) is 0 Å². The summed E-state index contributed by atoms with van der Waals surface area (Å²) in [5, 5.41) is 14.4. The highest BCUT2D eigenvalue weighted by molar-refractivity contribution is 5.94. The van der Waals surface area contributed by atoms with E-state index in [0.717, 1.165) is 54.5 Å². The number of carboxylic acid groups (broad SMARTS) is 1. The van der Waals surface area contributed by atoms with Gasteiger partial charge < -0.3 is 20.6 Å². The lowest BCUT2D eigenvalue weighted by Gasteiger charge is -2.29. The Morgan fingerprint density at radius 1 is 1.03 bits per heavy atom. The van der Waals surface area contributed by atoms with Gasteiger partial charge in [0.2, 0.25) is 5.95 Å². The lowest BCUT2D eigenvalue weighted by molar-refractivity contribution is -0.192. The van der Waals surface area contributed by atoms with Crippen LogP contribution in [-0.4, -0.2) is 59.8 Å². The molecule has 1 amide bonds. The van der Waals surface area contributed by atoms with Crippen molar-refractivity contribution in [3.63, 3.8) is 0 Å². The smallest absolute Gasteiger partial charge is 0.475 e. The molecule has 4 rings (SSSR count). The van der Waals surface area contributed by atoms with Gasteiger partial charge in [-0.1, -0.05) is 12.1 Å². The molecular weight excluding hydrogens is 525 g/mol. The number of para-hydroxylation sites is 1. The van der Waals surface area contributed by atoms with Gasteiger partial charge in [-0.3, -0.25) is 4.79 Å². The number of carbonyl (C=O) groups is 2. The Labute approximate surface area is 221 Å². The molecule has 13 heteroatoms. The van der Waals surface area contributed by atoms with Crippen LogP contribution >= 0.6 is 0 Å². The topological polar surface area (TPSA) is 107 Å². The summed E-state index contributed by atoms with van der Waals surface area (Å²) in [6, 6.07) is 11.2. The van der Waals surface area contributed by atoms with Crippen molar-refractivity contribution >= 4 is 34.5 Å². The van der Waals surface area contributed by atoms with Crippen LogP contribution in [0.4, 0.5) is 33.7 Å². The largest absolute Gasteiger partial charge is 0.490 e. The molecule has 1 heterocycles. The zero-order chi connectivity index (χ0) is 28.7. The monoisotopic (exact) mass is 553 g/mol. The quantitative estimate of drug-likeness (QED) is 0.369. The van der Waals surface area contributed by atoms with Crippen LogP contribution in [0.5, 0.6) is 0 Å². The number of rotatable bonds is 6. The van der Waals surface area contributed by atoms with E-state index in [1.165, 1.54) is 6.07 Å². The number of amides is 1. The number of alkyl halides is 3. The number of fused-ring (bicyclic) bond motifs is 1. The molecule has 39 heavy (non-hydrogen) atoms. The molecular formula is C26H28F5N5O3. The average molecular weight is 554 g/mol. The van der Waals surface area contributed by atoms with Crippen LogP contribution in [0.3, 0.4) is 0 Å². The molecule has 0 bridgehead atoms. The van der Waals surface area contributed by atoms with Gasteiger partial charge in [0, 0.05) is 38.1 Å². The van der Waals surface area contributed by atoms with Crippen LogP contribution in [-0.2, 0) is 4.79 Å². The third-order valence-corrected chi connectivity index (χ3v) is 6.16. The van der Waals surface area contributed by atoms with E-state index < -0.39 is 29.7 Å². The molecule has 8 nitrogen and oxygen atoms in total. The lowest BCUT2D eigenvalue weighted by Crippen LogP contribution is -2.34. The second kappa shape index (κ2) is 12.7. The number of nitrogens with zero attached hydrogens (tertiary/aromatic N) is 3. The molecule has 2 aromatic carbocycles. The third-order valence-electron chi connectivity index (χ3n) is 6.16. The van der Waals surface area contributed by atoms with Crippen molar-refractivity contribution in [3.05, 3.63) is 59.7 Å². The Balaban J connectivity index is 0.000000532. The Bertz CT molecular complexity index is 1310. The summed E-state index contributed by atoms with van der Waals surface area (Å²) in [7, 11) is 3.94. The van der Waals surface area contributed by atoms with Crippen LogP contribution < -0.4 is 15.5 Å². The van der Waals surface area contributed by atoms with Gasteiger partial charge in [-0.25, -0.2) is 18.6 Å². The highest BCUT2D eigenvalue weighted by atomic mass is 19.4. The summed E-state index contributed by atoms with van der Waals surface area (Å²) in [5.41, 5.74) is 0.769. The van der Waals surface area contributed by atoms with E-state index >= 15 is 0 Å². The minimum absolute atomic E-state index is 0.132. The Hall–Kier alpha value is -4.03. The summed E-state index contributed by atoms with van der Waals surface area (Å²) in [4.78, 5) is 32.5. The Morgan fingerprint density at radius 3 is 2.26 bits per heavy atom. The molecule has 0 aliphatic heterocycles. The van der Waals surface area contributed by atoms with Crippen LogP contribution in [0.1, 0.15) is 36.0 Å².